The first-order chi connectivity index (χ1) is 16.9. The maximum Gasteiger partial charge on any atom is 0.416 e. The van der Waals surface area contributed by atoms with Crippen LogP contribution in [0.4, 0.5) is 24.5 Å². The average Bonchev–Trinajstić information content (AvgIpc) is 2.83. The predicted octanol–water partition coefficient (Wildman–Crippen LogP) is 5.43. The van der Waals surface area contributed by atoms with Gasteiger partial charge in [0, 0.05) is 43.1 Å². The Morgan fingerprint density at radius 1 is 0.944 bits per heavy atom. The molecule has 0 aliphatic carbocycles. The number of hydrogen-bond donors (Lipinski definition) is 1. The summed E-state index contributed by atoms with van der Waals surface area (Å²) in [6, 6.07) is 15.9. The van der Waals surface area contributed by atoms with Crippen molar-refractivity contribution in [1.29, 1.82) is 0 Å². The molecule has 11 heteroatoms. The van der Waals surface area contributed by atoms with Crippen LogP contribution in [-0.2, 0) is 16.2 Å². The molecule has 0 atom stereocenters. The van der Waals surface area contributed by atoms with E-state index in [-0.39, 0.29) is 34.5 Å². The second-order valence-electron chi connectivity index (χ2n) is 8.45. The maximum absolute atomic E-state index is 13.1. The Morgan fingerprint density at radius 3 is 2.31 bits per heavy atom. The molecule has 3 aromatic carbocycles. The van der Waals surface area contributed by atoms with Gasteiger partial charge in [-0.25, -0.2) is 8.42 Å². The molecule has 1 amide bonds. The summed E-state index contributed by atoms with van der Waals surface area (Å²) in [7, 11) is -4.06. The lowest BCUT2D eigenvalue weighted by molar-refractivity contribution is -0.137. The molecular formula is C25H23ClF3N3O3S. The molecule has 3 aromatic rings. The zero-order valence-corrected chi connectivity index (χ0v) is 20.8. The lowest BCUT2D eigenvalue weighted by Gasteiger charge is -2.36. The Hall–Kier alpha value is -3.24. The van der Waals surface area contributed by atoms with Gasteiger partial charge in [-0.15, -0.1) is 0 Å². The normalized spacial score (nSPS) is 14.6. The van der Waals surface area contributed by atoms with E-state index in [1.54, 1.807) is 29.2 Å². The fourth-order valence-corrected chi connectivity index (χ4v) is 5.57. The second kappa shape index (κ2) is 10.0. The van der Waals surface area contributed by atoms with Crippen LogP contribution < -0.4 is 9.62 Å². The van der Waals surface area contributed by atoms with E-state index in [0.717, 1.165) is 17.7 Å². The van der Waals surface area contributed by atoms with Crippen molar-refractivity contribution in [2.45, 2.75) is 18.0 Å². The van der Waals surface area contributed by atoms with Gasteiger partial charge in [-0.05, 0) is 61.0 Å². The molecule has 0 radical (unpaired) electrons. The molecule has 1 aliphatic rings. The summed E-state index contributed by atoms with van der Waals surface area (Å²) in [5.74, 6) is -0.387. The number of amides is 1. The zero-order chi connectivity index (χ0) is 26.1. The summed E-state index contributed by atoms with van der Waals surface area (Å²) in [6.45, 7) is 3.03. The molecule has 1 N–H and O–H groups in total. The number of anilines is 2. The Bertz CT molecular complexity index is 1390. The van der Waals surface area contributed by atoms with Crippen molar-refractivity contribution in [2.24, 2.45) is 0 Å². The van der Waals surface area contributed by atoms with Gasteiger partial charge < -0.3 is 9.80 Å². The number of piperazine rings is 1. The Labute approximate surface area is 212 Å². The molecular weight excluding hydrogens is 515 g/mol. The van der Waals surface area contributed by atoms with Crippen LogP contribution in [0.15, 0.2) is 71.6 Å². The first-order valence-corrected chi connectivity index (χ1v) is 12.9. The summed E-state index contributed by atoms with van der Waals surface area (Å²) in [6.07, 6.45) is -4.44. The molecule has 1 aliphatic heterocycles. The predicted molar refractivity (Wildman–Crippen MR) is 133 cm³/mol. The first kappa shape index (κ1) is 25.8. The SMILES string of the molecule is Cc1cccc(NS(=O)(=O)c2cc(C(=O)N3CCN(c4cccc(C(F)(F)F)c4)CC3)ccc2Cl)c1. The van der Waals surface area contributed by atoms with Crippen LogP contribution in [0.2, 0.25) is 5.02 Å². The number of benzene rings is 3. The number of carbonyl (C=O) groups is 1. The summed E-state index contributed by atoms with van der Waals surface area (Å²) >= 11 is 6.17. The van der Waals surface area contributed by atoms with Gasteiger partial charge in [0.15, 0.2) is 0 Å². The van der Waals surface area contributed by atoms with Crippen molar-refractivity contribution < 1.29 is 26.4 Å². The molecule has 36 heavy (non-hydrogen) atoms. The highest BCUT2D eigenvalue weighted by Crippen LogP contribution is 2.32. The van der Waals surface area contributed by atoms with Gasteiger partial charge in [0.1, 0.15) is 4.90 Å². The molecule has 4 rings (SSSR count). The van der Waals surface area contributed by atoms with Crippen molar-refractivity contribution in [3.8, 4) is 0 Å². The van der Waals surface area contributed by atoms with Crippen LogP contribution in [0.3, 0.4) is 0 Å². The largest absolute Gasteiger partial charge is 0.416 e. The highest BCUT2D eigenvalue weighted by molar-refractivity contribution is 7.92. The maximum atomic E-state index is 13.1. The van der Waals surface area contributed by atoms with Crippen LogP contribution in [0, 0.1) is 6.92 Å². The quantitative estimate of drug-likeness (QED) is 0.471. The first-order valence-electron chi connectivity index (χ1n) is 11.0. The topological polar surface area (TPSA) is 69.7 Å². The Morgan fingerprint density at radius 2 is 1.64 bits per heavy atom. The molecule has 1 saturated heterocycles. The lowest BCUT2D eigenvalue weighted by atomic mass is 10.1. The van der Waals surface area contributed by atoms with Crippen LogP contribution in [-0.4, -0.2) is 45.4 Å². The molecule has 0 saturated carbocycles. The van der Waals surface area contributed by atoms with Gasteiger partial charge in [0.25, 0.3) is 15.9 Å². The van der Waals surface area contributed by atoms with E-state index in [1.807, 2.05) is 13.0 Å². The van der Waals surface area contributed by atoms with E-state index >= 15 is 0 Å². The Kier molecular flexibility index (Phi) is 7.19. The van der Waals surface area contributed by atoms with E-state index in [1.165, 1.54) is 29.2 Å². The molecule has 0 bridgehead atoms. The fourth-order valence-electron chi connectivity index (χ4n) is 3.99. The van der Waals surface area contributed by atoms with E-state index < -0.39 is 21.8 Å². The van der Waals surface area contributed by atoms with E-state index in [2.05, 4.69) is 4.72 Å². The molecule has 190 valence electrons. The lowest BCUT2D eigenvalue weighted by Crippen LogP contribution is -2.48. The summed E-state index contributed by atoms with van der Waals surface area (Å²) in [5, 5.41) is -0.0268. The molecule has 1 heterocycles. The number of aryl methyl sites for hydroxylation is 1. The van der Waals surface area contributed by atoms with Gasteiger partial charge in [-0.2, -0.15) is 13.2 Å². The summed E-state index contributed by atoms with van der Waals surface area (Å²) in [5.41, 5.74) is 1.09. The molecule has 0 unspecified atom stereocenters. The van der Waals surface area contributed by atoms with Crippen molar-refractivity contribution in [1.82, 2.24) is 4.90 Å². The number of carbonyl (C=O) groups excluding carboxylic acids is 1. The molecule has 6 nitrogen and oxygen atoms in total. The minimum atomic E-state index is -4.44. The van der Waals surface area contributed by atoms with Gasteiger partial charge in [-0.1, -0.05) is 29.8 Å². The van der Waals surface area contributed by atoms with Crippen LogP contribution in [0.5, 0.6) is 0 Å². The zero-order valence-electron chi connectivity index (χ0n) is 19.2. The molecule has 0 aromatic heterocycles. The van der Waals surface area contributed by atoms with Crippen molar-refractivity contribution >= 4 is 38.9 Å². The van der Waals surface area contributed by atoms with Gasteiger partial charge in [0.2, 0.25) is 0 Å². The third kappa shape index (κ3) is 5.76. The summed E-state index contributed by atoms with van der Waals surface area (Å²) < 4.78 is 67.6. The van der Waals surface area contributed by atoms with Gasteiger partial charge in [-0.3, -0.25) is 9.52 Å². The van der Waals surface area contributed by atoms with Crippen molar-refractivity contribution in [2.75, 3.05) is 35.8 Å². The van der Waals surface area contributed by atoms with Crippen molar-refractivity contribution in [3.05, 3.63) is 88.4 Å². The van der Waals surface area contributed by atoms with E-state index in [0.29, 0.717) is 24.5 Å². The minimum absolute atomic E-state index is 0.0268. The number of nitrogens with one attached hydrogen (secondary N) is 1. The fraction of sp³-hybridized carbons (Fsp3) is 0.240. The number of alkyl halides is 3. The number of halogens is 4. The van der Waals surface area contributed by atoms with Gasteiger partial charge >= 0.3 is 6.18 Å². The second-order valence-corrected chi connectivity index (χ2v) is 10.5. The standard InChI is InChI=1S/C25H23ClF3N3O3S/c1-17-4-2-6-20(14-17)30-36(34,35)23-15-18(8-9-22(23)26)24(33)32-12-10-31(11-13-32)21-7-3-5-19(16-21)25(27,28)29/h2-9,14-16,30H,10-13H2,1H3. The van der Waals surface area contributed by atoms with E-state index in [9.17, 15) is 26.4 Å². The third-order valence-corrected chi connectivity index (χ3v) is 7.71. The van der Waals surface area contributed by atoms with Crippen LogP contribution in [0.25, 0.3) is 0 Å². The highest BCUT2D eigenvalue weighted by Gasteiger charge is 2.31. The van der Waals surface area contributed by atoms with Gasteiger partial charge in [0.05, 0.1) is 10.6 Å². The molecule has 0 spiro atoms. The smallest absolute Gasteiger partial charge is 0.368 e. The number of sulfonamides is 1. The monoisotopic (exact) mass is 537 g/mol. The van der Waals surface area contributed by atoms with Crippen molar-refractivity contribution in [3.63, 3.8) is 0 Å². The highest BCUT2D eigenvalue weighted by atomic mass is 35.5. The summed E-state index contributed by atoms with van der Waals surface area (Å²) in [4.78, 5) is 16.2. The average molecular weight is 538 g/mol. The Balaban J connectivity index is 1.48. The third-order valence-electron chi connectivity index (χ3n) is 5.84. The number of rotatable bonds is 5. The minimum Gasteiger partial charge on any atom is -0.368 e. The number of hydrogen-bond acceptors (Lipinski definition) is 4. The van der Waals surface area contributed by atoms with Crippen LogP contribution >= 0.6 is 11.6 Å². The van der Waals surface area contributed by atoms with Crippen LogP contribution in [0.1, 0.15) is 21.5 Å². The molecule has 1 fully saturated rings. The van der Waals surface area contributed by atoms with E-state index in [4.69, 9.17) is 11.6 Å². The number of nitrogens with zero attached hydrogens (tertiary/aromatic N) is 2.